The van der Waals surface area contributed by atoms with Crippen LogP contribution >= 0.6 is 0 Å². The van der Waals surface area contributed by atoms with Crippen LogP contribution in [0.15, 0.2) is 30.9 Å². The van der Waals surface area contributed by atoms with E-state index in [1.807, 2.05) is 0 Å². The van der Waals surface area contributed by atoms with E-state index in [-0.39, 0.29) is 17.1 Å². The number of carbonyl (C=O) groups excluding carboxylic acids is 1. The maximum absolute atomic E-state index is 8.93. The van der Waals surface area contributed by atoms with E-state index in [1.54, 1.807) is 0 Å². The monoisotopic (exact) mass is 241 g/mol. The third kappa shape index (κ3) is 4.37. The molecule has 0 saturated heterocycles. The van der Waals surface area contributed by atoms with Crippen molar-refractivity contribution < 1.29 is 21.9 Å². The number of hydrogen-bond acceptors (Lipinski definition) is 1. The molecule has 0 amide bonds. The summed E-state index contributed by atoms with van der Waals surface area (Å²) >= 11 is 0. The van der Waals surface area contributed by atoms with E-state index in [2.05, 4.69) is 38.1 Å². The largest absolute Gasteiger partial charge is 2.00 e. The summed E-state index contributed by atoms with van der Waals surface area (Å²) in [4.78, 5) is 8.93. The molecule has 0 aromatic heterocycles. The molecule has 1 aliphatic rings. The summed E-state index contributed by atoms with van der Waals surface area (Å²) in [5.74, 6) is 0. The number of allylic oxidation sites excluding steroid dienone is 1. The van der Waals surface area contributed by atoms with E-state index in [4.69, 9.17) is 4.79 Å². The first-order valence-corrected chi connectivity index (χ1v) is 4.69. The Morgan fingerprint density at radius 3 is 2.80 bits per heavy atom. The fourth-order valence-electron chi connectivity index (χ4n) is 1.52. The van der Waals surface area contributed by atoms with Gasteiger partial charge < -0.3 is 4.79 Å². The van der Waals surface area contributed by atoms with E-state index < -0.39 is 0 Å². The van der Waals surface area contributed by atoms with Gasteiger partial charge in [-0.1, -0.05) is 25.8 Å². The van der Waals surface area contributed by atoms with Gasteiger partial charge in [0.2, 0.25) is 0 Å². The van der Waals surface area contributed by atoms with Crippen LogP contribution in [0.4, 0.5) is 0 Å². The minimum atomic E-state index is 0. The predicted molar refractivity (Wildman–Crippen MR) is 58.8 cm³/mol. The van der Waals surface area contributed by atoms with E-state index in [9.17, 15) is 0 Å². The van der Waals surface area contributed by atoms with Crippen molar-refractivity contribution in [2.45, 2.75) is 19.8 Å². The van der Waals surface area contributed by atoms with Crippen molar-refractivity contribution in [2.75, 3.05) is 0 Å². The van der Waals surface area contributed by atoms with E-state index in [1.165, 1.54) is 35.8 Å². The second kappa shape index (κ2) is 7.33. The summed E-state index contributed by atoms with van der Waals surface area (Å²) in [5, 5.41) is 0. The summed E-state index contributed by atoms with van der Waals surface area (Å²) in [7, 11) is 0. The van der Waals surface area contributed by atoms with E-state index >= 15 is 0 Å². The Bertz CT molecular complexity index is 325. The first-order valence-electron chi connectivity index (χ1n) is 4.69. The standard InChI is InChI=1S/C10H11.C3H3O.Mn/c1-8-5-6-9-3-2-4-10(9)7-8;1-2-3-4;/h4-7H,2-3H2,1H3;2H,1H2;/q2*-1;+2. The molecule has 1 radical (unpaired) electrons. The summed E-state index contributed by atoms with van der Waals surface area (Å²) in [5.41, 5.74) is 4.35. The topological polar surface area (TPSA) is 17.1 Å². The van der Waals surface area contributed by atoms with Crippen molar-refractivity contribution in [3.05, 3.63) is 54.0 Å². The fraction of sp³-hybridized carbons (Fsp3) is 0.231. The maximum atomic E-state index is 8.93. The molecule has 0 bridgehead atoms. The molecule has 0 fully saturated rings. The van der Waals surface area contributed by atoms with Crippen molar-refractivity contribution in [3.8, 4) is 0 Å². The van der Waals surface area contributed by atoms with Crippen LogP contribution in [0.25, 0.3) is 0 Å². The number of fused-ring (bicyclic) bond motifs is 1. The molecule has 0 saturated carbocycles. The zero-order valence-corrected chi connectivity index (χ0v) is 9.97. The summed E-state index contributed by atoms with van der Waals surface area (Å²) in [6, 6.07) is 6.70. The van der Waals surface area contributed by atoms with Crippen LogP contribution in [0, 0.1) is 13.3 Å². The van der Waals surface area contributed by atoms with Gasteiger partial charge in [0.1, 0.15) is 0 Å². The van der Waals surface area contributed by atoms with Gasteiger partial charge in [0, 0.05) is 0 Å². The quantitative estimate of drug-likeness (QED) is 0.420. The molecule has 79 valence electrons. The van der Waals surface area contributed by atoms with Crippen LogP contribution in [0.3, 0.4) is 0 Å². The van der Waals surface area contributed by atoms with Crippen molar-refractivity contribution in [1.29, 1.82) is 0 Å². The van der Waals surface area contributed by atoms with Gasteiger partial charge in [0.05, 0.1) is 0 Å². The second-order valence-electron chi connectivity index (χ2n) is 3.27. The number of benzene rings is 1. The first-order chi connectivity index (χ1) is 6.77. The van der Waals surface area contributed by atoms with Crippen molar-refractivity contribution in [1.82, 2.24) is 0 Å². The van der Waals surface area contributed by atoms with Gasteiger partial charge >= 0.3 is 17.1 Å². The molecule has 1 aromatic carbocycles. The van der Waals surface area contributed by atoms with Crippen LogP contribution in [0.2, 0.25) is 0 Å². The van der Waals surface area contributed by atoms with Gasteiger partial charge in [-0.25, -0.2) is 12.7 Å². The molecule has 2 rings (SSSR count). The van der Waals surface area contributed by atoms with Crippen molar-refractivity contribution in [3.63, 3.8) is 0 Å². The van der Waals surface area contributed by atoms with Gasteiger partial charge in [-0.2, -0.15) is 18.1 Å². The Kier molecular flexibility index (Phi) is 6.85. The molecule has 1 aromatic rings. The van der Waals surface area contributed by atoms with E-state index in [0.29, 0.717) is 0 Å². The number of rotatable bonds is 1. The molecule has 1 nitrogen and oxygen atoms in total. The van der Waals surface area contributed by atoms with Crippen LogP contribution < -0.4 is 0 Å². The van der Waals surface area contributed by atoms with Crippen molar-refractivity contribution in [2.24, 2.45) is 0 Å². The van der Waals surface area contributed by atoms with Crippen LogP contribution in [-0.2, 0) is 28.3 Å². The van der Waals surface area contributed by atoms with Crippen LogP contribution in [-0.4, -0.2) is 6.29 Å². The molecule has 1 aliphatic carbocycles. The average molecular weight is 241 g/mol. The van der Waals surface area contributed by atoms with Crippen LogP contribution in [0.1, 0.15) is 23.1 Å². The Hall–Kier alpha value is -0.981. The van der Waals surface area contributed by atoms with Crippen LogP contribution in [0.5, 0.6) is 0 Å². The Balaban J connectivity index is 0.000000346. The summed E-state index contributed by atoms with van der Waals surface area (Å²) in [6.45, 7) is 5.20. The third-order valence-corrected chi connectivity index (χ3v) is 2.16. The molecular weight excluding hydrogens is 227 g/mol. The third-order valence-electron chi connectivity index (χ3n) is 2.16. The molecule has 0 atom stereocenters. The zero-order chi connectivity index (χ0) is 10.4. The number of aryl methyl sites for hydroxylation is 2. The minimum absolute atomic E-state index is 0. The molecule has 2 heteroatoms. The predicted octanol–water partition coefficient (Wildman–Crippen LogP) is 2.77. The molecular formula is C13H14MnO. The van der Waals surface area contributed by atoms with E-state index in [0.717, 1.165) is 6.08 Å². The number of hydrogen-bond donors (Lipinski definition) is 0. The van der Waals surface area contributed by atoms with Gasteiger partial charge in [0.25, 0.3) is 0 Å². The maximum Gasteiger partial charge on any atom is 2.00 e. The fourth-order valence-corrected chi connectivity index (χ4v) is 1.52. The minimum Gasteiger partial charge on any atom is -0.419 e. The second-order valence-corrected chi connectivity index (χ2v) is 3.27. The molecule has 0 N–H and O–H groups in total. The van der Waals surface area contributed by atoms with Gasteiger partial charge in [0.15, 0.2) is 0 Å². The van der Waals surface area contributed by atoms with Gasteiger partial charge in [-0.05, 0) is 6.29 Å². The molecule has 0 spiro atoms. The summed E-state index contributed by atoms with van der Waals surface area (Å²) in [6.07, 6.45) is 7.32. The zero-order valence-electron chi connectivity index (χ0n) is 8.79. The first kappa shape index (κ1) is 14.0. The van der Waals surface area contributed by atoms with Gasteiger partial charge in [-0.3, -0.25) is 0 Å². The smallest absolute Gasteiger partial charge is 0.419 e. The Morgan fingerprint density at radius 2 is 2.20 bits per heavy atom. The molecule has 0 aliphatic heterocycles. The van der Waals surface area contributed by atoms with Crippen molar-refractivity contribution >= 4 is 6.29 Å². The molecule has 15 heavy (non-hydrogen) atoms. The summed E-state index contributed by atoms with van der Waals surface area (Å²) < 4.78 is 0. The normalized spacial score (nSPS) is 11.0. The Morgan fingerprint density at radius 1 is 1.53 bits per heavy atom. The molecule has 0 unspecified atom stereocenters. The van der Waals surface area contributed by atoms with Gasteiger partial charge in [-0.15, -0.1) is 17.2 Å². The average Bonchev–Trinajstić information content (AvgIpc) is 2.65. The molecule has 0 heterocycles. The SMILES string of the molecule is C=C[C-]=O.Cc1ccc2c(c1)[CH-]CC2.[Mn+2]. The Labute approximate surface area is 102 Å².